The van der Waals surface area contributed by atoms with Crippen LogP contribution in [0, 0.1) is 23.0 Å². The number of carbonyl (C=O) groups excluding carboxylic acids is 2. The molecular formula is C24H19N3O5. The predicted molar refractivity (Wildman–Crippen MR) is 117 cm³/mol. The van der Waals surface area contributed by atoms with Crippen LogP contribution < -0.4 is 9.96 Å². The highest BCUT2D eigenvalue weighted by Crippen LogP contribution is 2.47. The van der Waals surface area contributed by atoms with Crippen molar-refractivity contribution >= 4 is 28.9 Å². The number of amides is 2. The van der Waals surface area contributed by atoms with Crippen LogP contribution >= 0.6 is 0 Å². The molecule has 2 aliphatic rings. The van der Waals surface area contributed by atoms with Gasteiger partial charge in [0.1, 0.15) is 5.92 Å². The first-order valence-corrected chi connectivity index (χ1v) is 10.2. The Morgan fingerprint density at radius 1 is 0.844 bits per heavy atom. The van der Waals surface area contributed by atoms with Gasteiger partial charge in [-0.15, -0.1) is 0 Å². The Hall–Kier alpha value is -4.04. The van der Waals surface area contributed by atoms with Gasteiger partial charge in [-0.2, -0.15) is 0 Å². The summed E-state index contributed by atoms with van der Waals surface area (Å²) in [5, 5.41) is 12.7. The lowest BCUT2D eigenvalue weighted by molar-refractivity contribution is -0.384. The van der Waals surface area contributed by atoms with Crippen molar-refractivity contribution in [3.8, 4) is 0 Å². The molecule has 5 rings (SSSR count). The summed E-state index contributed by atoms with van der Waals surface area (Å²) < 4.78 is 0. The first-order chi connectivity index (χ1) is 15.5. The van der Waals surface area contributed by atoms with Crippen LogP contribution in [0.25, 0.3) is 0 Å². The van der Waals surface area contributed by atoms with Gasteiger partial charge in [0.25, 0.3) is 11.6 Å². The molecule has 0 unspecified atom stereocenters. The highest BCUT2D eigenvalue weighted by molar-refractivity contribution is 6.23. The number of fused-ring (bicyclic) bond motifs is 1. The van der Waals surface area contributed by atoms with Gasteiger partial charge >= 0.3 is 0 Å². The quantitative estimate of drug-likeness (QED) is 0.354. The molecule has 0 spiro atoms. The van der Waals surface area contributed by atoms with Crippen LogP contribution in [-0.4, -0.2) is 22.8 Å². The molecule has 0 bridgehead atoms. The molecule has 2 saturated heterocycles. The Bertz CT molecular complexity index is 1190. The third kappa shape index (κ3) is 3.12. The molecule has 2 heterocycles. The van der Waals surface area contributed by atoms with Gasteiger partial charge < -0.3 is 0 Å². The zero-order valence-electron chi connectivity index (χ0n) is 17.1. The fourth-order valence-electron chi connectivity index (χ4n) is 4.29. The minimum Gasteiger partial charge on any atom is -0.273 e. The van der Waals surface area contributed by atoms with E-state index in [-0.39, 0.29) is 11.6 Å². The van der Waals surface area contributed by atoms with Gasteiger partial charge in [0, 0.05) is 12.1 Å². The fourth-order valence-corrected chi connectivity index (χ4v) is 4.29. The minimum atomic E-state index is -0.982. The molecule has 8 heteroatoms. The van der Waals surface area contributed by atoms with Crippen LogP contribution in [0.3, 0.4) is 0 Å². The lowest BCUT2D eigenvalue weighted by Gasteiger charge is -2.28. The zero-order valence-corrected chi connectivity index (χ0v) is 17.1. The SMILES string of the molecule is Cc1ccc(N2C(=O)[C@@H]3[C@H](ON(c4ccccc4)[C@@H]3c3ccc([N+](=O)[O-])cc3)C2=O)cc1. The number of nitro groups is 1. The van der Waals surface area contributed by atoms with E-state index in [2.05, 4.69) is 0 Å². The average Bonchev–Trinajstić information content (AvgIpc) is 3.31. The fraction of sp³-hybridized carbons (Fsp3) is 0.167. The molecule has 8 nitrogen and oxygen atoms in total. The molecule has 3 aromatic rings. The summed E-state index contributed by atoms with van der Waals surface area (Å²) >= 11 is 0. The van der Waals surface area contributed by atoms with Gasteiger partial charge in [-0.3, -0.25) is 24.5 Å². The first kappa shape index (κ1) is 19.9. The summed E-state index contributed by atoms with van der Waals surface area (Å²) in [5.74, 6) is -1.56. The van der Waals surface area contributed by atoms with E-state index in [0.29, 0.717) is 16.9 Å². The van der Waals surface area contributed by atoms with E-state index >= 15 is 0 Å². The van der Waals surface area contributed by atoms with Crippen molar-refractivity contribution < 1.29 is 19.3 Å². The average molecular weight is 429 g/mol. The van der Waals surface area contributed by atoms with Crippen molar-refractivity contribution in [2.24, 2.45) is 5.92 Å². The number of hydrogen-bond donors (Lipinski definition) is 0. The normalized spacial score (nSPS) is 22.3. The lowest BCUT2D eigenvalue weighted by atomic mass is 9.90. The minimum absolute atomic E-state index is 0.0504. The molecule has 160 valence electrons. The number of carbonyl (C=O) groups is 2. The summed E-state index contributed by atoms with van der Waals surface area (Å²) in [5.41, 5.74) is 2.80. The third-order valence-corrected chi connectivity index (χ3v) is 5.86. The maximum absolute atomic E-state index is 13.5. The van der Waals surface area contributed by atoms with E-state index in [1.54, 1.807) is 29.3 Å². The highest BCUT2D eigenvalue weighted by atomic mass is 16.7. The summed E-state index contributed by atoms with van der Waals surface area (Å²) in [4.78, 5) is 44.6. The Morgan fingerprint density at radius 3 is 2.12 bits per heavy atom. The number of hydroxylamine groups is 1. The van der Waals surface area contributed by atoms with Crippen molar-refractivity contribution in [3.63, 3.8) is 0 Å². The predicted octanol–water partition coefficient (Wildman–Crippen LogP) is 3.95. The van der Waals surface area contributed by atoms with Gasteiger partial charge in [-0.25, -0.2) is 9.96 Å². The van der Waals surface area contributed by atoms with Crippen LogP contribution in [0.15, 0.2) is 78.9 Å². The van der Waals surface area contributed by atoms with Crippen molar-refractivity contribution in [2.45, 2.75) is 19.1 Å². The number of nitrogens with zero attached hydrogens (tertiary/aromatic N) is 3. The Morgan fingerprint density at radius 2 is 1.50 bits per heavy atom. The highest BCUT2D eigenvalue weighted by Gasteiger charge is 2.60. The number of benzene rings is 3. The summed E-state index contributed by atoms with van der Waals surface area (Å²) in [6, 6.07) is 21.7. The number of hydrogen-bond acceptors (Lipinski definition) is 6. The molecule has 2 fully saturated rings. The molecule has 2 aliphatic heterocycles. The standard InChI is InChI=1S/C24H19N3O5/c1-15-7-11-17(12-8-15)25-23(28)20-21(16-9-13-19(14-10-16)27(30)31)26(32-22(20)24(25)29)18-5-3-2-4-6-18/h2-14,20-22H,1H3/t20-,21+,22-/m0/s1. The monoisotopic (exact) mass is 429 g/mol. The van der Waals surface area contributed by atoms with Gasteiger partial charge in [-0.05, 0) is 36.8 Å². The van der Waals surface area contributed by atoms with E-state index in [9.17, 15) is 19.7 Å². The number of nitro benzene ring substituents is 1. The topological polar surface area (TPSA) is 93.0 Å². The number of imide groups is 1. The van der Waals surface area contributed by atoms with E-state index in [4.69, 9.17) is 4.84 Å². The smallest absolute Gasteiger partial charge is 0.269 e. The second-order valence-corrected chi connectivity index (χ2v) is 7.85. The maximum atomic E-state index is 13.5. The summed E-state index contributed by atoms with van der Waals surface area (Å²) in [6.07, 6.45) is -0.982. The maximum Gasteiger partial charge on any atom is 0.269 e. The van der Waals surface area contributed by atoms with Crippen molar-refractivity contribution in [3.05, 3.63) is 100 Å². The Balaban J connectivity index is 1.57. The van der Waals surface area contributed by atoms with Crippen LogP contribution in [0.4, 0.5) is 17.1 Å². The van der Waals surface area contributed by atoms with E-state index in [1.165, 1.54) is 17.0 Å². The molecule has 0 radical (unpaired) electrons. The first-order valence-electron chi connectivity index (χ1n) is 10.2. The molecule has 0 aromatic heterocycles. The number of non-ortho nitro benzene ring substituents is 1. The molecule has 32 heavy (non-hydrogen) atoms. The van der Waals surface area contributed by atoms with Crippen molar-refractivity contribution in [1.82, 2.24) is 0 Å². The molecule has 0 aliphatic carbocycles. The van der Waals surface area contributed by atoms with Crippen LogP contribution in [0.2, 0.25) is 0 Å². The molecular weight excluding hydrogens is 410 g/mol. The van der Waals surface area contributed by atoms with Gasteiger partial charge in [0.2, 0.25) is 5.91 Å². The second-order valence-electron chi connectivity index (χ2n) is 7.85. The van der Waals surface area contributed by atoms with Gasteiger partial charge in [0.15, 0.2) is 6.10 Å². The number of para-hydroxylation sites is 1. The molecule has 0 N–H and O–H groups in total. The summed E-state index contributed by atoms with van der Waals surface area (Å²) in [6.45, 7) is 1.93. The van der Waals surface area contributed by atoms with E-state index in [0.717, 1.165) is 5.56 Å². The number of anilines is 2. The van der Waals surface area contributed by atoms with Crippen molar-refractivity contribution in [2.75, 3.05) is 9.96 Å². The molecule has 3 atom stereocenters. The summed E-state index contributed by atoms with van der Waals surface area (Å²) in [7, 11) is 0. The molecule has 3 aromatic carbocycles. The zero-order chi connectivity index (χ0) is 22.4. The van der Waals surface area contributed by atoms with Gasteiger partial charge in [0.05, 0.1) is 22.3 Å². The van der Waals surface area contributed by atoms with Gasteiger partial charge in [-0.1, -0.05) is 48.0 Å². The van der Waals surface area contributed by atoms with E-state index in [1.807, 2.05) is 49.4 Å². The molecule has 0 saturated carbocycles. The lowest BCUT2D eigenvalue weighted by Crippen LogP contribution is -2.37. The number of rotatable bonds is 4. The van der Waals surface area contributed by atoms with Crippen molar-refractivity contribution in [1.29, 1.82) is 0 Å². The molecule has 2 amide bonds. The number of aryl methyl sites for hydroxylation is 1. The second kappa shape index (κ2) is 7.58. The van der Waals surface area contributed by atoms with Crippen LogP contribution in [-0.2, 0) is 14.4 Å². The largest absolute Gasteiger partial charge is 0.273 e. The third-order valence-electron chi connectivity index (χ3n) is 5.86. The Kier molecular flexibility index (Phi) is 4.71. The Labute approximate surface area is 183 Å². The van der Waals surface area contributed by atoms with Crippen LogP contribution in [0.5, 0.6) is 0 Å². The van der Waals surface area contributed by atoms with E-state index < -0.39 is 28.9 Å². The van der Waals surface area contributed by atoms with Crippen LogP contribution in [0.1, 0.15) is 17.2 Å².